The predicted molar refractivity (Wildman–Crippen MR) is 127 cm³/mol. The standard InChI is InChI=1S/C26H29F3N4O/c1-18(2)12-13-31-16-32(22-11-7-10-21(15-22)26(27,28)29)25-30-19(3)23(24(34)33(25)17-31)14-20-8-5-4-6-9-20/h4-11,15,18H,12-14,16-17H2,1-3H3. The van der Waals surface area contributed by atoms with Crippen LogP contribution < -0.4 is 10.5 Å². The summed E-state index contributed by atoms with van der Waals surface area (Å²) >= 11 is 0. The summed E-state index contributed by atoms with van der Waals surface area (Å²) in [4.78, 5) is 22.1. The first-order chi connectivity index (χ1) is 16.1. The lowest BCUT2D eigenvalue weighted by Crippen LogP contribution is -2.48. The van der Waals surface area contributed by atoms with E-state index in [0.717, 1.165) is 30.7 Å². The number of halogens is 3. The van der Waals surface area contributed by atoms with Crippen molar-refractivity contribution in [1.82, 2.24) is 14.5 Å². The molecule has 0 radical (unpaired) electrons. The monoisotopic (exact) mass is 470 g/mol. The Hall–Kier alpha value is -3.13. The molecule has 5 nitrogen and oxygen atoms in total. The number of fused-ring (bicyclic) bond motifs is 1. The van der Waals surface area contributed by atoms with Crippen LogP contribution in [0.5, 0.6) is 0 Å². The van der Waals surface area contributed by atoms with Gasteiger partial charge in [0, 0.05) is 24.2 Å². The number of hydrogen-bond acceptors (Lipinski definition) is 4. The number of nitrogens with zero attached hydrogens (tertiary/aromatic N) is 4. The van der Waals surface area contributed by atoms with E-state index in [9.17, 15) is 18.0 Å². The zero-order valence-electron chi connectivity index (χ0n) is 19.6. The molecule has 1 aliphatic rings. The topological polar surface area (TPSA) is 41.4 Å². The quantitative estimate of drug-likeness (QED) is 0.472. The van der Waals surface area contributed by atoms with Gasteiger partial charge >= 0.3 is 6.18 Å². The molecule has 1 aliphatic heterocycles. The largest absolute Gasteiger partial charge is 0.416 e. The van der Waals surface area contributed by atoms with E-state index >= 15 is 0 Å². The first-order valence-corrected chi connectivity index (χ1v) is 11.4. The molecule has 8 heteroatoms. The molecule has 0 saturated heterocycles. The maximum Gasteiger partial charge on any atom is 0.416 e. The second-order valence-electron chi connectivity index (χ2n) is 9.21. The van der Waals surface area contributed by atoms with E-state index in [1.807, 2.05) is 30.3 Å². The summed E-state index contributed by atoms with van der Waals surface area (Å²) in [6.07, 6.45) is -3.09. The predicted octanol–water partition coefficient (Wildman–Crippen LogP) is 5.58. The molecule has 0 aliphatic carbocycles. The lowest BCUT2D eigenvalue weighted by molar-refractivity contribution is -0.137. The van der Waals surface area contributed by atoms with Crippen LogP contribution in [0.25, 0.3) is 0 Å². The number of aromatic nitrogens is 2. The van der Waals surface area contributed by atoms with Crippen molar-refractivity contribution in [2.75, 3.05) is 18.1 Å². The summed E-state index contributed by atoms with van der Waals surface area (Å²) in [6, 6.07) is 14.9. The molecule has 4 rings (SSSR count). The summed E-state index contributed by atoms with van der Waals surface area (Å²) in [7, 11) is 0. The van der Waals surface area contributed by atoms with E-state index in [4.69, 9.17) is 4.98 Å². The van der Waals surface area contributed by atoms with E-state index in [-0.39, 0.29) is 5.56 Å². The van der Waals surface area contributed by atoms with Gasteiger partial charge in [-0.1, -0.05) is 50.2 Å². The number of alkyl halides is 3. The molecule has 0 fully saturated rings. The van der Waals surface area contributed by atoms with Crippen molar-refractivity contribution in [2.45, 2.75) is 46.5 Å². The summed E-state index contributed by atoms with van der Waals surface area (Å²) in [5.74, 6) is 0.837. The van der Waals surface area contributed by atoms with Gasteiger partial charge in [0.05, 0.1) is 24.6 Å². The average molecular weight is 471 g/mol. The van der Waals surface area contributed by atoms with Crippen LogP contribution in [0.4, 0.5) is 24.8 Å². The lowest BCUT2D eigenvalue weighted by Gasteiger charge is -2.39. The summed E-state index contributed by atoms with van der Waals surface area (Å²) in [6.45, 7) is 7.47. The fraction of sp³-hybridized carbons (Fsp3) is 0.385. The highest BCUT2D eigenvalue weighted by atomic mass is 19.4. The minimum absolute atomic E-state index is 0.155. The number of aryl methyl sites for hydroxylation is 1. The molecule has 34 heavy (non-hydrogen) atoms. The van der Waals surface area contributed by atoms with Crippen LogP contribution in [0.1, 0.15) is 42.7 Å². The maximum absolute atomic E-state index is 13.6. The van der Waals surface area contributed by atoms with Crippen LogP contribution in [0.2, 0.25) is 0 Å². The van der Waals surface area contributed by atoms with Crippen molar-refractivity contribution in [1.29, 1.82) is 0 Å². The van der Waals surface area contributed by atoms with Crippen molar-refractivity contribution >= 4 is 11.6 Å². The van der Waals surface area contributed by atoms with Crippen molar-refractivity contribution in [2.24, 2.45) is 5.92 Å². The summed E-state index contributed by atoms with van der Waals surface area (Å²) in [5, 5.41) is 0. The molecule has 0 amide bonds. The van der Waals surface area contributed by atoms with Gasteiger partial charge in [-0.3, -0.25) is 19.2 Å². The van der Waals surface area contributed by atoms with Gasteiger partial charge in [-0.25, -0.2) is 4.98 Å². The van der Waals surface area contributed by atoms with Gasteiger partial charge in [0.2, 0.25) is 5.95 Å². The van der Waals surface area contributed by atoms with Crippen molar-refractivity contribution < 1.29 is 13.2 Å². The third-order valence-corrected chi connectivity index (χ3v) is 6.10. The Bertz CT molecular complexity index is 1200. The molecule has 0 atom stereocenters. The highest BCUT2D eigenvalue weighted by Gasteiger charge is 2.33. The number of rotatable bonds is 6. The SMILES string of the molecule is Cc1nc2n(c(=O)c1Cc1ccccc1)CN(CCC(C)C)CN2c1cccc(C(F)(F)F)c1. The van der Waals surface area contributed by atoms with Crippen LogP contribution in [0.15, 0.2) is 59.4 Å². The molecule has 2 aromatic carbocycles. The van der Waals surface area contributed by atoms with E-state index in [1.165, 1.54) is 6.07 Å². The normalized spacial score (nSPS) is 14.5. The number of benzene rings is 2. The minimum atomic E-state index is -4.45. The Morgan fingerprint density at radius 2 is 1.76 bits per heavy atom. The van der Waals surface area contributed by atoms with Crippen LogP contribution in [-0.2, 0) is 19.3 Å². The van der Waals surface area contributed by atoms with E-state index < -0.39 is 11.7 Å². The number of hydrogen-bond donors (Lipinski definition) is 0. The van der Waals surface area contributed by atoms with Crippen molar-refractivity contribution in [3.8, 4) is 0 Å². The second kappa shape index (κ2) is 9.62. The van der Waals surface area contributed by atoms with E-state index in [2.05, 4.69) is 18.7 Å². The Morgan fingerprint density at radius 1 is 1.03 bits per heavy atom. The fourth-order valence-corrected chi connectivity index (χ4v) is 4.16. The molecule has 2 heterocycles. The molecular weight excluding hydrogens is 441 g/mol. The van der Waals surface area contributed by atoms with Gasteiger partial charge in [-0.2, -0.15) is 13.2 Å². The molecule has 0 N–H and O–H groups in total. The first kappa shape index (κ1) is 24.0. The van der Waals surface area contributed by atoms with Crippen molar-refractivity contribution in [3.63, 3.8) is 0 Å². The van der Waals surface area contributed by atoms with Gasteiger partial charge in [-0.15, -0.1) is 0 Å². The maximum atomic E-state index is 13.6. The molecule has 0 saturated carbocycles. The van der Waals surface area contributed by atoms with Crippen LogP contribution in [0, 0.1) is 12.8 Å². The zero-order valence-corrected chi connectivity index (χ0v) is 19.6. The summed E-state index contributed by atoms with van der Waals surface area (Å²) < 4.78 is 41.8. The highest BCUT2D eigenvalue weighted by Crippen LogP contribution is 2.34. The van der Waals surface area contributed by atoms with Crippen molar-refractivity contribution in [3.05, 3.63) is 87.3 Å². The molecule has 0 bridgehead atoms. The highest BCUT2D eigenvalue weighted by molar-refractivity contribution is 5.60. The third kappa shape index (κ3) is 5.17. The Morgan fingerprint density at radius 3 is 2.44 bits per heavy atom. The Kier molecular flexibility index (Phi) is 6.79. The molecule has 1 aromatic heterocycles. The lowest BCUT2D eigenvalue weighted by atomic mass is 10.1. The van der Waals surface area contributed by atoms with E-state index in [0.29, 0.717) is 48.6 Å². The van der Waals surface area contributed by atoms with E-state index in [1.54, 1.807) is 22.5 Å². The third-order valence-electron chi connectivity index (χ3n) is 6.10. The molecule has 3 aromatic rings. The van der Waals surface area contributed by atoms with Crippen LogP contribution in [-0.4, -0.2) is 27.7 Å². The second-order valence-corrected chi connectivity index (χ2v) is 9.21. The minimum Gasteiger partial charge on any atom is -0.298 e. The molecule has 0 spiro atoms. The molecule has 180 valence electrons. The average Bonchev–Trinajstić information content (AvgIpc) is 2.80. The fourth-order valence-electron chi connectivity index (χ4n) is 4.16. The Labute approximate surface area is 197 Å². The van der Waals surface area contributed by atoms with Crippen LogP contribution in [0.3, 0.4) is 0 Å². The van der Waals surface area contributed by atoms with Crippen LogP contribution >= 0.6 is 0 Å². The van der Waals surface area contributed by atoms with Gasteiger partial charge in [0.1, 0.15) is 0 Å². The van der Waals surface area contributed by atoms with Gasteiger partial charge in [0.25, 0.3) is 5.56 Å². The van der Waals surface area contributed by atoms with Gasteiger partial charge in [0.15, 0.2) is 0 Å². The number of anilines is 2. The Balaban J connectivity index is 1.79. The molecular formula is C26H29F3N4O. The van der Waals surface area contributed by atoms with Gasteiger partial charge in [-0.05, 0) is 43.0 Å². The molecule has 0 unspecified atom stereocenters. The smallest absolute Gasteiger partial charge is 0.298 e. The summed E-state index contributed by atoms with van der Waals surface area (Å²) in [5.41, 5.74) is 1.68. The van der Waals surface area contributed by atoms with Gasteiger partial charge < -0.3 is 0 Å². The first-order valence-electron chi connectivity index (χ1n) is 11.4. The zero-order chi connectivity index (χ0) is 24.5.